The van der Waals surface area contributed by atoms with Gasteiger partial charge < -0.3 is 4.43 Å². The van der Waals surface area contributed by atoms with Crippen LogP contribution in [0.4, 0.5) is 0 Å². The summed E-state index contributed by atoms with van der Waals surface area (Å²) >= 11 is 0. The van der Waals surface area contributed by atoms with E-state index in [1.54, 1.807) is 0 Å². The molecule has 15 heavy (non-hydrogen) atoms. The smallest absolute Gasteiger partial charge is 0.187 e. The summed E-state index contributed by atoms with van der Waals surface area (Å²) in [5.41, 5.74) is 0.309. The van der Waals surface area contributed by atoms with Crippen LogP contribution in [0.2, 0.25) is 19.1 Å². The third-order valence-corrected chi connectivity index (χ3v) is 6.70. The second kappa shape index (κ2) is 4.21. The van der Waals surface area contributed by atoms with Gasteiger partial charge in [-0.2, -0.15) is 0 Å². The summed E-state index contributed by atoms with van der Waals surface area (Å²) in [6.07, 6.45) is 9.65. The maximum absolute atomic E-state index is 6.64. The van der Waals surface area contributed by atoms with Crippen molar-refractivity contribution < 1.29 is 4.43 Å². The van der Waals surface area contributed by atoms with Gasteiger partial charge in [-0.3, -0.25) is 0 Å². The van der Waals surface area contributed by atoms with Crippen molar-refractivity contribution in [2.75, 3.05) is 0 Å². The second-order valence-corrected chi connectivity index (χ2v) is 10.7. The first-order valence-electron chi connectivity index (χ1n) is 6.72. The van der Waals surface area contributed by atoms with Gasteiger partial charge in [0.15, 0.2) is 8.32 Å². The van der Waals surface area contributed by atoms with Crippen molar-refractivity contribution in [1.29, 1.82) is 0 Å². The molecule has 0 aromatic rings. The van der Waals surface area contributed by atoms with E-state index in [2.05, 4.69) is 20.0 Å². The van der Waals surface area contributed by atoms with Gasteiger partial charge in [0.25, 0.3) is 0 Å². The fourth-order valence-electron chi connectivity index (χ4n) is 3.51. The number of rotatable bonds is 0. The summed E-state index contributed by atoms with van der Waals surface area (Å²) in [6, 6.07) is 1.37. The summed E-state index contributed by atoms with van der Waals surface area (Å²) in [4.78, 5) is 0. The van der Waals surface area contributed by atoms with Crippen LogP contribution in [0, 0.1) is 5.92 Å². The molecule has 2 rings (SSSR count). The highest BCUT2D eigenvalue weighted by Crippen LogP contribution is 2.43. The lowest BCUT2D eigenvalue weighted by atomic mass is 9.78. The first-order valence-corrected chi connectivity index (χ1v) is 9.83. The molecule has 1 saturated carbocycles. The van der Waals surface area contributed by atoms with Crippen LogP contribution >= 0.6 is 0 Å². The van der Waals surface area contributed by atoms with Gasteiger partial charge in [0.1, 0.15) is 0 Å². The SMILES string of the molecule is CC1CC[Si](C)(C)OC2(CCCCC2)C1. The van der Waals surface area contributed by atoms with E-state index < -0.39 is 8.32 Å². The quantitative estimate of drug-likeness (QED) is 0.558. The Bertz CT molecular complexity index is 219. The van der Waals surface area contributed by atoms with Crippen LogP contribution in [-0.2, 0) is 4.43 Å². The molecule has 1 saturated heterocycles. The molecule has 1 spiro atoms. The Morgan fingerprint density at radius 2 is 1.80 bits per heavy atom. The third kappa shape index (κ3) is 2.85. The van der Waals surface area contributed by atoms with Gasteiger partial charge in [0.2, 0.25) is 0 Å². The van der Waals surface area contributed by atoms with Crippen molar-refractivity contribution in [2.45, 2.75) is 76.6 Å². The van der Waals surface area contributed by atoms with E-state index in [-0.39, 0.29) is 0 Å². The van der Waals surface area contributed by atoms with Gasteiger partial charge in [-0.15, -0.1) is 0 Å². The van der Waals surface area contributed by atoms with Crippen LogP contribution in [0.25, 0.3) is 0 Å². The minimum atomic E-state index is -1.34. The van der Waals surface area contributed by atoms with Crippen molar-refractivity contribution in [2.24, 2.45) is 5.92 Å². The molecule has 0 amide bonds. The molecule has 2 fully saturated rings. The Labute approximate surface area is 95.7 Å². The molecule has 1 atom stereocenters. The summed E-state index contributed by atoms with van der Waals surface area (Å²) in [5, 5.41) is 0. The first kappa shape index (κ1) is 11.7. The fourth-order valence-corrected chi connectivity index (χ4v) is 6.26. The van der Waals surface area contributed by atoms with E-state index in [0.29, 0.717) is 5.60 Å². The lowest BCUT2D eigenvalue weighted by Crippen LogP contribution is -2.44. The summed E-state index contributed by atoms with van der Waals surface area (Å²) in [5.74, 6) is 0.886. The zero-order valence-corrected chi connectivity index (χ0v) is 11.6. The van der Waals surface area contributed by atoms with Crippen LogP contribution in [0.1, 0.15) is 51.9 Å². The Morgan fingerprint density at radius 3 is 2.47 bits per heavy atom. The highest BCUT2D eigenvalue weighted by molar-refractivity contribution is 6.71. The third-order valence-electron chi connectivity index (χ3n) is 4.22. The average molecular weight is 226 g/mol. The molecule has 1 aliphatic carbocycles. The van der Waals surface area contributed by atoms with E-state index in [1.807, 2.05) is 0 Å². The van der Waals surface area contributed by atoms with Gasteiger partial charge in [-0.1, -0.05) is 32.6 Å². The van der Waals surface area contributed by atoms with Gasteiger partial charge in [0, 0.05) is 0 Å². The van der Waals surface area contributed by atoms with Gasteiger partial charge in [-0.25, -0.2) is 0 Å². The van der Waals surface area contributed by atoms with E-state index in [1.165, 1.54) is 51.0 Å². The molecular formula is C13H26OSi. The molecule has 0 aromatic heterocycles. The molecule has 1 heterocycles. The van der Waals surface area contributed by atoms with Crippen molar-refractivity contribution in [1.82, 2.24) is 0 Å². The summed E-state index contributed by atoms with van der Waals surface area (Å²) in [7, 11) is -1.34. The Kier molecular flexibility index (Phi) is 3.27. The van der Waals surface area contributed by atoms with Crippen LogP contribution in [0.3, 0.4) is 0 Å². The predicted molar refractivity (Wildman–Crippen MR) is 67.6 cm³/mol. The lowest BCUT2D eigenvalue weighted by Gasteiger charge is -2.42. The summed E-state index contributed by atoms with van der Waals surface area (Å²) < 4.78 is 6.64. The molecule has 1 nitrogen and oxygen atoms in total. The molecule has 88 valence electrons. The molecule has 2 heteroatoms. The highest BCUT2D eigenvalue weighted by Gasteiger charge is 2.42. The maximum atomic E-state index is 6.64. The zero-order valence-electron chi connectivity index (χ0n) is 10.6. The number of hydrogen-bond acceptors (Lipinski definition) is 1. The van der Waals surface area contributed by atoms with Crippen molar-refractivity contribution >= 4 is 8.32 Å². The molecule has 0 radical (unpaired) electrons. The van der Waals surface area contributed by atoms with Crippen molar-refractivity contribution in [3.8, 4) is 0 Å². The van der Waals surface area contributed by atoms with Gasteiger partial charge in [-0.05, 0) is 44.3 Å². The highest BCUT2D eigenvalue weighted by atomic mass is 28.4. The molecule has 1 unspecified atom stereocenters. The minimum Gasteiger partial charge on any atom is -0.412 e. The van der Waals surface area contributed by atoms with E-state index in [9.17, 15) is 0 Å². The van der Waals surface area contributed by atoms with Gasteiger partial charge >= 0.3 is 0 Å². The molecule has 1 aliphatic heterocycles. The molecule has 0 N–H and O–H groups in total. The maximum Gasteiger partial charge on any atom is 0.187 e. The largest absolute Gasteiger partial charge is 0.412 e. The van der Waals surface area contributed by atoms with Crippen LogP contribution < -0.4 is 0 Å². The zero-order chi connectivity index (χ0) is 10.9. The van der Waals surface area contributed by atoms with Crippen LogP contribution in [0.15, 0.2) is 0 Å². The standard InChI is InChI=1S/C13H26OSi/c1-12-7-10-15(2,3)14-13(11-12)8-5-4-6-9-13/h12H,4-11H2,1-3H3. The van der Waals surface area contributed by atoms with Crippen LogP contribution in [-0.4, -0.2) is 13.9 Å². The normalized spacial score (nSPS) is 35.0. The molecule has 0 bridgehead atoms. The lowest BCUT2D eigenvalue weighted by molar-refractivity contribution is 0.00830. The minimum absolute atomic E-state index is 0.309. The number of hydrogen-bond donors (Lipinski definition) is 0. The fraction of sp³-hybridized carbons (Fsp3) is 1.00. The average Bonchev–Trinajstić information content (AvgIpc) is 2.24. The van der Waals surface area contributed by atoms with E-state index in [4.69, 9.17) is 4.43 Å². The Balaban J connectivity index is 2.13. The summed E-state index contributed by atoms with van der Waals surface area (Å²) in [6.45, 7) is 7.26. The van der Waals surface area contributed by atoms with Crippen molar-refractivity contribution in [3.63, 3.8) is 0 Å². The molecule has 2 aliphatic rings. The van der Waals surface area contributed by atoms with Crippen molar-refractivity contribution in [3.05, 3.63) is 0 Å². The van der Waals surface area contributed by atoms with E-state index in [0.717, 1.165) is 5.92 Å². The van der Waals surface area contributed by atoms with Gasteiger partial charge in [0.05, 0.1) is 5.60 Å². The Morgan fingerprint density at radius 1 is 1.13 bits per heavy atom. The topological polar surface area (TPSA) is 9.23 Å². The first-order chi connectivity index (χ1) is 7.02. The monoisotopic (exact) mass is 226 g/mol. The predicted octanol–water partition coefficient (Wildman–Crippen LogP) is 4.34. The molecule has 0 aromatic carbocycles. The Hall–Kier alpha value is 0.177. The second-order valence-electron chi connectivity index (χ2n) is 6.45. The van der Waals surface area contributed by atoms with E-state index >= 15 is 0 Å². The molecular weight excluding hydrogens is 200 g/mol. The van der Waals surface area contributed by atoms with Crippen LogP contribution in [0.5, 0.6) is 0 Å².